The van der Waals surface area contributed by atoms with Crippen molar-refractivity contribution < 1.29 is 9.53 Å². The lowest BCUT2D eigenvalue weighted by Crippen LogP contribution is -2.22. The monoisotopic (exact) mass is 386 g/mol. The summed E-state index contributed by atoms with van der Waals surface area (Å²) in [6.45, 7) is 1.83. The zero-order valence-corrected chi connectivity index (χ0v) is 15.0. The molecule has 130 valence electrons. The summed E-state index contributed by atoms with van der Waals surface area (Å²) in [5.74, 6) is 0.610. The number of carbonyl (C=O) groups is 1. The molecule has 0 saturated heterocycles. The third-order valence-corrected chi connectivity index (χ3v) is 5.26. The van der Waals surface area contributed by atoms with Crippen molar-refractivity contribution in [1.29, 1.82) is 0 Å². The maximum Gasteiger partial charge on any atom is 0.265 e. The molecule has 2 aliphatic heterocycles. The zero-order valence-electron chi connectivity index (χ0n) is 13.5. The lowest BCUT2D eigenvalue weighted by Gasteiger charge is -2.18. The number of aromatic nitrogens is 3. The van der Waals surface area contributed by atoms with Gasteiger partial charge in [-0.15, -0.1) is 0 Å². The van der Waals surface area contributed by atoms with Crippen LogP contribution >= 0.6 is 23.2 Å². The molecule has 6 nitrogen and oxygen atoms in total. The van der Waals surface area contributed by atoms with Crippen LogP contribution in [-0.2, 0) is 0 Å². The number of allylic oxidation sites excluding steroid dienone is 1. The Morgan fingerprint density at radius 2 is 2.08 bits per heavy atom. The first kappa shape index (κ1) is 15.5. The van der Waals surface area contributed by atoms with Gasteiger partial charge in [-0.25, -0.2) is 0 Å². The smallest absolute Gasteiger partial charge is 0.265 e. The van der Waals surface area contributed by atoms with Crippen LogP contribution < -0.4 is 10.5 Å². The average Bonchev–Trinajstić information content (AvgIpc) is 3.22. The first-order valence-electron chi connectivity index (χ1n) is 7.91. The van der Waals surface area contributed by atoms with Gasteiger partial charge in [-0.2, -0.15) is 4.98 Å². The van der Waals surface area contributed by atoms with E-state index in [2.05, 4.69) is 9.97 Å². The SMILES string of the molecule is Cc1nc2c([nH]1)C1C(=C(N)O2)C(=O)n2c(-c3ccc(Cl)cc3Cl)ccc21. The second-order valence-electron chi connectivity index (χ2n) is 6.26. The summed E-state index contributed by atoms with van der Waals surface area (Å²) in [5.41, 5.74) is 9.36. The molecule has 0 spiro atoms. The van der Waals surface area contributed by atoms with Crippen molar-refractivity contribution in [2.45, 2.75) is 12.8 Å². The molecular weight excluding hydrogens is 375 g/mol. The number of nitrogens with one attached hydrogen (secondary N) is 1. The number of carbonyl (C=O) groups excluding carboxylic acids is 1. The molecule has 4 heterocycles. The molecule has 1 atom stereocenters. The Labute approximate surface area is 158 Å². The number of aromatic amines is 1. The van der Waals surface area contributed by atoms with Crippen LogP contribution in [0, 0.1) is 6.92 Å². The van der Waals surface area contributed by atoms with Crippen molar-refractivity contribution >= 4 is 29.1 Å². The summed E-state index contributed by atoms with van der Waals surface area (Å²) in [5, 5.41) is 1.00. The van der Waals surface area contributed by atoms with Crippen LogP contribution in [0.15, 0.2) is 41.8 Å². The summed E-state index contributed by atoms with van der Waals surface area (Å²) >= 11 is 12.3. The number of hydrogen-bond acceptors (Lipinski definition) is 4. The van der Waals surface area contributed by atoms with Crippen LogP contribution in [0.3, 0.4) is 0 Å². The zero-order chi connectivity index (χ0) is 18.2. The molecular formula is C18H12Cl2N4O2. The van der Waals surface area contributed by atoms with Gasteiger partial charge in [0.1, 0.15) is 5.82 Å². The molecule has 0 amide bonds. The van der Waals surface area contributed by atoms with E-state index in [0.717, 1.165) is 17.0 Å². The molecule has 2 aliphatic rings. The largest absolute Gasteiger partial charge is 0.421 e. The van der Waals surface area contributed by atoms with Crippen molar-refractivity contribution in [3.63, 3.8) is 0 Å². The second kappa shape index (κ2) is 5.16. The molecule has 1 aromatic carbocycles. The van der Waals surface area contributed by atoms with Gasteiger partial charge in [0.05, 0.1) is 27.9 Å². The van der Waals surface area contributed by atoms with E-state index in [1.807, 2.05) is 19.1 Å². The highest BCUT2D eigenvalue weighted by molar-refractivity contribution is 6.36. The molecule has 1 unspecified atom stereocenters. The third-order valence-electron chi connectivity index (χ3n) is 4.71. The maximum atomic E-state index is 13.1. The number of H-pyrrole nitrogens is 1. The summed E-state index contributed by atoms with van der Waals surface area (Å²) < 4.78 is 7.18. The minimum Gasteiger partial charge on any atom is -0.421 e. The first-order chi connectivity index (χ1) is 12.5. The highest BCUT2D eigenvalue weighted by atomic mass is 35.5. The molecule has 3 aromatic rings. The number of rotatable bonds is 1. The van der Waals surface area contributed by atoms with Gasteiger partial charge in [0.25, 0.3) is 5.91 Å². The fourth-order valence-corrected chi connectivity index (χ4v) is 4.17. The third kappa shape index (κ3) is 1.94. The van der Waals surface area contributed by atoms with Gasteiger partial charge in [-0.1, -0.05) is 23.2 Å². The maximum absolute atomic E-state index is 13.1. The van der Waals surface area contributed by atoms with Gasteiger partial charge < -0.3 is 15.5 Å². The number of hydrogen-bond donors (Lipinski definition) is 2. The average molecular weight is 387 g/mol. The van der Waals surface area contributed by atoms with Crippen LogP contribution in [0.4, 0.5) is 0 Å². The van der Waals surface area contributed by atoms with Gasteiger partial charge in [-0.3, -0.25) is 9.36 Å². The molecule has 0 bridgehead atoms. The number of halogens is 2. The summed E-state index contributed by atoms with van der Waals surface area (Å²) in [6, 6.07) is 8.95. The van der Waals surface area contributed by atoms with Crippen LogP contribution in [-0.4, -0.2) is 20.4 Å². The van der Waals surface area contributed by atoms with Crippen LogP contribution in [0.25, 0.3) is 11.3 Å². The molecule has 2 aromatic heterocycles. The Bertz CT molecular complexity index is 1140. The minimum absolute atomic E-state index is 0.0795. The van der Waals surface area contributed by atoms with E-state index < -0.39 is 0 Å². The lowest BCUT2D eigenvalue weighted by atomic mass is 9.94. The van der Waals surface area contributed by atoms with Gasteiger partial charge in [0.15, 0.2) is 0 Å². The number of benzene rings is 1. The second-order valence-corrected chi connectivity index (χ2v) is 7.11. The van der Waals surface area contributed by atoms with E-state index >= 15 is 0 Å². The van der Waals surface area contributed by atoms with Gasteiger partial charge >= 0.3 is 0 Å². The number of aryl methyl sites for hydroxylation is 1. The predicted octanol–water partition coefficient (Wildman–Crippen LogP) is 3.84. The molecule has 26 heavy (non-hydrogen) atoms. The Morgan fingerprint density at radius 1 is 1.27 bits per heavy atom. The Kier molecular flexibility index (Phi) is 3.08. The number of fused-ring (bicyclic) bond motifs is 5. The van der Waals surface area contributed by atoms with Crippen LogP contribution in [0.5, 0.6) is 5.88 Å². The van der Waals surface area contributed by atoms with Gasteiger partial charge in [-0.05, 0) is 37.3 Å². The fraction of sp³-hybridized carbons (Fsp3) is 0.111. The molecule has 0 saturated carbocycles. The highest BCUT2D eigenvalue weighted by Gasteiger charge is 2.45. The van der Waals surface area contributed by atoms with Crippen molar-refractivity contribution in [2.75, 3.05) is 0 Å². The quantitative estimate of drug-likeness (QED) is 0.664. The van der Waals surface area contributed by atoms with E-state index in [9.17, 15) is 4.79 Å². The summed E-state index contributed by atoms with van der Waals surface area (Å²) in [6.07, 6.45) is 0. The van der Waals surface area contributed by atoms with Crippen molar-refractivity contribution in [2.24, 2.45) is 5.73 Å². The number of imidazole rings is 1. The molecule has 5 rings (SSSR count). The summed E-state index contributed by atoms with van der Waals surface area (Å²) in [7, 11) is 0. The number of nitrogens with two attached hydrogens (primary N) is 1. The van der Waals surface area contributed by atoms with E-state index in [1.165, 1.54) is 0 Å². The molecule has 0 fully saturated rings. The summed E-state index contributed by atoms with van der Waals surface area (Å²) in [4.78, 5) is 20.6. The first-order valence-corrected chi connectivity index (χ1v) is 8.67. The molecule has 8 heteroatoms. The fourth-order valence-electron chi connectivity index (χ4n) is 3.66. The Balaban J connectivity index is 1.75. The Morgan fingerprint density at radius 3 is 2.85 bits per heavy atom. The standard InChI is InChI=1S/C18H12Cl2N4O2/c1-7-22-15-13-12-5-4-11(9-3-2-8(19)6-10(9)20)24(12)18(25)14(13)16(21)26-17(15)23-7/h2-6,13H,21H2,1H3,(H,22,23). The molecule has 3 N–H and O–H groups in total. The van der Waals surface area contributed by atoms with Gasteiger partial charge in [0, 0.05) is 16.3 Å². The minimum atomic E-state index is -0.340. The Hall–Kier alpha value is -2.70. The van der Waals surface area contributed by atoms with Crippen molar-refractivity contribution in [3.05, 3.63) is 69.0 Å². The van der Waals surface area contributed by atoms with Crippen molar-refractivity contribution in [3.8, 4) is 17.1 Å². The van der Waals surface area contributed by atoms with Gasteiger partial charge in [0.2, 0.25) is 11.8 Å². The number of nitrogens with zero attached hydrogens (tertiary/aromatic N) is 2. The normalized spacial score (nSPS) is 17.8. The van der Waals surface area contributed by atoms with Crippen LogP contribution in [0.1, 0.15) is 27.9 Å². The predicted molar refractivity (Wildman–Crippen MR) is 97.5 cm³/mol. The molecule has 0 aliphatic carbocycles. The number of ether oxygens (including phenoxy) is 1. The van der Waals surface area contributed by atoms with E-state index in [-0.39, 0.29) is 17.7 Å². The lowest BCUT2D eigenvalue weighted by molar-refractivity contribution is 0.0961. The van der Waals surface area contributed by atoms with E-state index in [0.29, 0.717) is 33.0 Å². The molecule has 0 radical (unpaired) electrons. The van der Waals surface area contributed by atoms with E-state index in [4.69, 9.17) is 33.7 Å². The van der Waals surface area contributed by atoms with Crippen LogP contribution in [0.2, 0.25) is 10.0 Å². The topological polar surface area (TPSA) is 85.9 Å². The van der Waals surface area contributed by atoms with E-state index in [1.54, 1.807) is 22.8 Å². The highest BCUT2D eigenvalue weighted by Crippen LogP contribution is 2.48. The van der Waals surface area contributed by atoms with Crippen molar-refractivity contribution in [1.82, 2.24) is 14.5 Å².